The molecule has 0 aliphatic rings. The van der Waals surface area contributed by atoms with E-state index in [-0.39, 0.29) is 5.91 Å². The number of hydrogen-bond donors (Lipinski definition) is 2. The molecule has 24 heavy (non-hydrogen) atoms. The normalized spacial score (nSPS) is 10.4. The van der Waals surface area contributed by atoms with Crippen LogP contribution in [0, 0.1) is 0 Å². The summed E-state index contributed by atoms with van der Waals surface area (Å²) in [5, 5.41) is 3.23. The fraction of sp³-hybridized carbons (Fsp3) is 0. The maximum Gasteiger partial charge on any atom is 0.257 e. The summed E-state index contributed by atoms with van der Waals surface area (Å²) in [7, 11) is 0. The first kappa shape index (κ1) is 16.4. The van der Waals surface area contributed by atoms with Gasteiger partial charge in [-0.25, -0.2) is 0 Å². The molecule has 3 aromatic rings. The van der Waals surface area contributed by atoms with Gasteiger partial charge in [-0.3, -0.25) is 9.59 Å². The van der Waals surface area contributed by atoms with Crippen molar-refractivity contribution in [3.8, 4) is 10.4 Å². The molecule has 0 saturated carbocycles. The molecular formula is C18H13BrN2O2S. The van der Waals surface area contributed by atoms with Crippen molar-refractivity contribution in [2.45, 2.75) is 0 Å². The summed E-state index contributed by atoms with van der Waals surface area (Å²) >= 11 is 4.67. The number of halogens is 1. The van der Waals surface area contributed by atoms with Crippen LogP contribution in [-0.2, 0) is 0 Å². The molecular weight excluding hydrogens is 388 g/mol. The molecule has 0 spiro atoms. The summed E-state index contributed by atoms with van der Waals surface area (Å²) in [5.41, 5.74) is 7.22. The quantitative estimate of drug-likeness (QED) is 0.674. The van der Waals surface area contributed by atoms with E-state index < -0.39 is 5.91 Å². The first-order valence-corrected chi connectivity index (χ1v) is 8.72. The summed E-state index contributed by atoms with van der Waals surface area (Å²) in [6.45, 7) is 0. The minimum absolute atomic E-state index is 0.300. The van der Waals surface area contributed by atoms with E-state index in [9.17, 15) is 9.59 Å². The smallest absolute Gasteiger partial charge is 0.257 e. The molecule has 3 rings (SSSR count). The highest BCUT2D eigenvalue weighted by molar-refractivity contribution is 9.10. The molecule has 0 fully saturated rings. The van der Waals surface area contributed by atoms with Gasteiger partial charge >= 0.3 is 0 Å². The molecule has 1 aromatic heterocycles. The van der Waals surface area contributed by atoms with Crippen LogP contribution in [-0.4, -0.2) is 11.8 Å². The SMILES string of the molecule is NC(=O)c1cc(-c2ccccc2)sc1NC(=O)c1ccccc1Br. The third-order valence-electron chi connectivity index (χ3n) is 3.40. The van der Waals surface area contributed by atoms with Crippen LogP contribution in [0.1, 0.15) is 20.7 Å². The number of rotatable bonds is 4. The Morgan fingerprint density at radius 3 is 2.29 bits per heavy atom. The first-order valence-electron chi connectivity index (χ1n) is 7.11. The van der Waals surface area contributed by atoms with Gasteiger partial charge in [0.2, 0.25) is 0 Å². The number of thiophene rings is 1. The van der Waals surface area contributed by atoms with Crippen LogP contribution in [0.15, 0.2) is 65.1 Å². The molecule has 0 aliphatic carbocycles. The fourth-order valence-corrected chi connectivity index (χ4v) is 3.76. The highest BCUT2D eigenvalue weighted by atomic mass is 79.9. The highest BCUT2D eigenvalue weighted by Gasteiger charge is 2.18. The van der Waals surface area contributed by atoms with Crippen molar-refractivity contribution in [1.29, 1.82) is 0 Å². The molecule has 0 unspecified atom stereocenters. The van der Waals surface area contributed by atoms with E-state index in [1.54, 1.807) is 24.3 Å². The second-order valence-electron chi connectivity index (χ2n) is 5.02. The fourth-order valence-electron chi connectivity index (χ4n) is 2.23. The van der Waals surface area contributed by atoms with E-state index in [1.165, 1.54) is 11.3 Å². The van der Waals surface area contributed by atoms with Gasteiger partial charge < -0.3 is 11.1 Å². The summed E-state index contributed by atoms with van der Waals surface area (Å²) in [5.74, 6) is -0.873. The second-order valence-corrected chi connectivity index (χ2v) is 6.92. The standard InChI is InChI=1S/C18H13BrN2O2S/c19-14-9-5-4-8-12(14)17(23)21-18-13(16(20)22)10-15(24-18)11-6-2-1-3-7-11/h1-10H,(H2,20,22)(H,21,23). The van der Waals surface area contributed by atoms with E-state index in [0.29, 0.717) is 20.6 Å². The lowest BCUT2D eigenvalue weighted by atomic mass is 10.1. The van der Waals surface area contributed by atoms with Crippen molar-refractivity contribution in [2.24, 2.45) is 5.73 Å². The number of carbonyl (C=O) groups excluding carboxylic acids is 2. The zero-order valence-corrected chi connectivity index (χ0v) is 14.9. The lowest BCUT2D eigenvalue weighted by Gasteiger charge is -2.06. The van der Waals surface area contributed by atoms with Gasteiger partial charge in [0.1, 0.15) is 5.00 Å². The number of hydrogen-bond acceptors (Lipinski definition) is 3. The summed E-state index contributed by atoms with van der Waals surface area (Å²) in [6.07, 6.45) is 0. The van der Waals surface area contributed by atoms with Crippen LogP contribution in [0.3, 0.4) is 0 Å². The molecule has 4 nitrogen and oxygen atoms in total. The van der Waals surface area contributed by atoms with E-state index in [4.69, 9.17) is 5.73 Å². The van der Waals surface area contributed by atoms with Gasteiger partial charge in [-0.05, 0) is 39.7 Å². The van der Waals surface area contributed by atoms with Crippen molar-refractivity contribution in [3.05, 3.63) is 76.3 Å². The topological polar surface area (TPSA) is 72.2 Å². The lowest BCUT2D eigenvalue weighted by molar-refractivity contribution is 0.100. The number of nitrogens with two attached hydrogens (primary N) is 1. The zero-order chi connectivity index (χ0) is 17.1. The van der Waals surface area contributed by atoms with E-state index in [0.717, 1.165) is 10.4 Å². The molecule has 0 aliphatic heterocycles. The molecule has 0 radical (unpaired) electrons. The predicted molar refractivity (Wildman–Crippen MR) is 100 cm³/mol. The molecule has 6 heteroatoms. The maximum atomic E-state index is 12.5. The van der Waals surface area contributed by atoms with Crippen molar-refractivity contribution in [2.75, 3.05) is 5.32 Å². The number of anilines is 1. The van der Waals surface area contributed by atoms with Crippen LogP contribution >= 0.6 is 27.3 Å². The van der Waals surface area contributed by atoms with Gasteiger partial charge in [0.25, 0.3) is 11.8 Å². The maximum absolute atomic E-state index is 12.5. The van der Waals surface area contributed by atoms with Gasteiger partial charge in [-0.2, -0.15) is 0 Å². The number of benzene rings is 2. The van der Waals surface area contributed by atoms with Gasteiger partial charge in [0.05, 0.1) is 11.1 Å². The van der Waals surface area contributed by atoms with Gasteiger partial charge in [-0.1, -0.05) is 42.5 Å². The Kier molecular flexibility index (Phi) is 4.78. The van der Waals surface area contributed by atoms with E-state index in [2.05, 4.69) is 21.2 Å². The Labute approximate surface area is 151 Å². The summed E-state index contributed by atoms with van der Waals surface area (Å²) < 4.78 is 0.683. The van der Waals surface area contributed by atoms with Gasteiger partial charge in [0, 0.05) is 9.35 Å². The third kappa shape index (κ3) is 3.39. The number of amides is 2. The summed E-state index contributed by atoms with van der Waals surface area (Å²) in [6, 6.07) is 18.4. The van der Waals surface area contributed by atoms with E-state index >= 15 is 0 Å². The van der Waals surface area contributed by atoms with Crippen LogP contribution < -0.4 is 11.1 Å². The van der Waals surface area contributed by atoms with Crippen LogP contribution in [0.4, 0.5) is 5.00 Å². The Morgan fingerprint density at radius 1 is 0.958 bits per heavy atom. The molecule has 2 aromatic carbocycles. The molecule has 0 atom stereocenters. The monoisotopic (exact) mass is 400 g/mol. The van der Waals surface area contributed by atoms with Crippen molar-refractivity contribution < 1.29 is 9.59 Å². The highest BCUT2D eigenvalue weighted by Crippen LogP contribution is 2.35. The third-order valence-corrected chi connectivity index (χ3v) is 5.19. The number of carbonyl (C=O) groups is 2. The first-order chi connectivity index (χ1) is 11.6. The second kappa shape index (κ2) is 6.98. The molecule has 120 valence electrons. The van der Waals surface area contributed by atoms with Crippen LogP contribution in [0.25, 0.3) is 10.4 Å². The average molecular weight is 401 g/mol. The minimum Gasteiger partial charge on any atom is -0.366 e. The summed E-state index contributed by atoms with van der Waals surface area (Å²) in [4.78, 5) is 25.1. The Bertz CT molecular complexity index is 906. The van der Waals surface area contributed by atoms with Gasteiger partial charge in [0.15, 0.2) is 0 Å². The molecule has 3 N–H and O–H groups in total. The Hall–Kier alpha value is -2.44. The zero-order valence-electron chi connectivity index (χ0n) is 12.5. The molecule has 1 heterocycles. The van der Waals surface area contributed by atoms with E-state index in [1.807, 2.05) is 36.4 Å². The number of nitrogens with one attached hydrogen (secondary N) is 1. The predicted octanol–water partition coefficient (Wildman–Crippen LogP) is 4.53. The molecule has 0 bridgehead atoms. The van der Waals surface area contributed by atoms with Crippen molar-refractivity contribution in [3.63, 3.8) is 0 Å². The minimum atomic E-state index is -0.573. The Morgan fingerprint density at radius 2 is 1.62 bits per heavy atom. The largest absolute Gasteiger partial charge is 0.366 e. The number of primary amides is 1. The van der Waals surface area contributed by atoms with Gasteiger partial charge in [-0.15, -0.1) is 11.3 Å². The Balaban J connectivity index is 1.96. The van der Waals surface area contributed by atoms with Crippen LogP contribution in [0.5, 0.6) is 0 Å². The van der Waals surface area contributed by atoms with Crippen LogP contribution in [0.2, 0.25) is 0 Å². The molecule has 2 amide bonds. The average Bonchev–Trinajstić information content (AvgIpc) is 3.00. The molecule has 0 saturated heterocycles. The van der Waals surface area contributed by atoms with Crippen molar-refractivity contribution in [1.82, 2.24) is 0 Å². The lowest BCUT2D eigenvalue weighted by Crippen LogP contribution is -2.16. The van der Waals surface area contributed by atoms with Crippen molar-refractivity contribution >= 4 is 44.1 Å².